The highest BCUT2D eigenvalue weighted by Crippen LogP contribution is 2.18. The van der Waals surface area contributed by atoms with Gasteiger partial charge in [-0.15, -0.1) is 0 Å². The molecule has 0 radical (unpaired) electrons. The van der Waals surface area contributed by atoms with Crippen molar-refractivity contribution in [1.82, 2.24) is 9.97 Å². The molecule has 2 aromatic rings. The van der Waals surface area contributed by atoms with Crippen LogP contribution in [0.2, 0.25) is 5.15 Å². The standard InChI is InChI=1S/C15H17ClFN3/c1-3-4-14-18-13(16)9-15(19-14)20(2)10-11-5-7-12(17)8-6-11/h5-9H,3-4,10H2,1-2H3. The van der Waals surface area contributed by atoms with Crippen LogP contribution in [-0.4, -0.2) is 17.0 Å². The van der Waals surface area contributed by atoms with E-state index >= 15 is 0 Å². The number of aryl methyl sites for hydroxylation is 1. The van der Waals surface area contributed by atoms with E-state index in [0.717, 1.165) is 30.0 Å². The molecule has 5 heteroatoms. The summed E-state index contributed by atoms with van der Waals surface area (Å²) in [4.78, 5) is 10.7. The molecule has 0 N–H and O–H groups in total. The molecule has 0 aliphatic heterocycles. The third kappa shape index (κ3) is 3.90. The molecule has 0 amide bonds. The fourth-order valence-corrected chi connectivity index (χ4v) is 2.12. The average Bonchev–Trinajstić information content (AvgIpc) is 2.41. The maximum Gasteiger partial charge on any atom is 0.134 e. The monoisotopic (exact) mass is 293 g/mol. The molecule has 0 bridgehead atoms. The topological polar surface area (TPSA) is 29.0 Å². The molecule has 106 valence electrons. The van der Waals surface area contributed by atoms with E-state index < -0.39 is 0 Å². The molecule has 1 heterocycles. The lowest BCUT2D eigenvalue weighted by Crippen LogP contribution is -2.18. The van der Waals surface area contributed by atoms with Gasteiger partial charge in [0.2, 0.25) is 0 Å². The third-order valence-electron chi connectivity index (χ3n) is 2.93. The Hall–Kier alpha value is -1.68. The van der Waals surface area contributed by atoms with Crippen LogP contribution in [0.15, 0.2) is 30.3 Å². The van der Waals surface area contributed by atoms with Gasteiger partial charge in [-0.3, -0.25) is 0 Å². The van der Waals surface area contributed by atoms with E-state index in [1.165, 1.54) is 12.1 Å². The van der Waals surface area contributed by atoms with E-state index in [4.69, 9.17) is 11.6 Å². The van der Waals surface area contributed by atoms with Crippen molar-refractivity contribution in [2.75, 3.05) is 11.9 Å². The van der Waals surface area contributed by atoms with E-state index in [0.29, 0.717) is 11.7 Å². The van der Waals surface area contributed by atoms with Gasteiger partial charge in [0.25, 0.3) is 0 Å². The second-order valence-electron chi connectivity index (χ2n) is 4.70. The minimum absolute atomic E-state index is 0.230. The lowest BCUT2D eigenvalue weighted by atomic mass is 10.2. The molecule has 0 aliphatic carbocycles. The Bertz CT molecular complexity index is 572. The highest BCUT2D eigenvalue weighted by atomic mass is 35.5. The highest BCUT2D eigenvalue weighted by molar-refractivity contribution is 6.29. The molecule has 0 atom stereocenters. The van der Waals surface area contributed by atoms with E-state index in [-0.39, 0.29) is 5.82 Å². The van der Waals surface area contributed by atoms with Crippen molar-refractivity contribution >= 4 is 17.4 Å². The molecule has 0 unspecified atom stereocenters. The van der Waals surface area contributed by atoms with Crippen LogP contribution in [0.25, 0.3) is 0 Å². The van der Waals surface area contributed by atoms with E-state index in [1.807, 2.05) is 11.9 Å². The molecule has 0 aliphatic rings. The van der Waals surface area contributed by atoms with Crippen molar-refractivity contribution in [3.63, 3.8) is 0 Å². The summed E-state index contributed by atoms with van der Waals surface area (Å²) in [6.45, 7) is 2.71. The summed E-state index contributed by atoms with van der Waals surface area (Å²) in [6, 6.07) is 8.19. The minimum atomic E-state index is -0.230. The Balaban J connectivity index is 2.15. The summed E-state index contributed by atoms with van der Waals surface area (Å²) in [6.07, 6.45) is 1.78. The molecule has 3 nitrogen and oxygen atoms in total. The van der Waals surface area contributed by atoms with Crippen molar-refractivity contribution in [3.8, 4) is 0 Å². The zero-order valence-corrected chi connectivity index (χ0v) is 12.4. The van der Waals surface area contributed by atoms with Crippen molar-refractivity contribution < 1.29 is 4.39 Å². The lowest BCUT2D eigenvalue weighted by molar-refractivity contribution is 0.627. The molecule has 20 heavy (non-hydrogen) atoms. The van der Waals surface area contributed by atoms with Gasteiger partial charge in [0.05, 0.1) is 0 Å². The number of nitrogens with zero attached hydrogens (tertiary/aromatic N) is 3. The molecule has 0 spiro atoms. The molecule has 1 aromatic heterocycles. The van der Waals surface area contributed by atoms with Crippen molar-refractivity contribution in [3.05, 3.63) is 52.7 Å². The molecule has 0 saturated heterocycles. The van der Waals surface area contributed by atoms with Crippen LogP contribution in [0.1, 0.15) is 24.7 Å². The first-order valence-corrected chi connectivity index (χ1v) is 6.95. The highest BCUT2D eigenvalue weighted by Gasteiger charge is 2.08. The predicted octanol–water partition coefficient (Wildman–Crippen LogP) is 3.86. The fraction of sp³-hybridized carbons (Fsp3) is 0.333. The SMILES string of the molecule is CCCc1nc(Cl)cc(N(C)Cc2ccc(F)cc2)n1. The maximum atomic E-state index is 12.9. The smallest absolute Gasteiger partial charge is 0.134 e. The third-order valence-corrected chi connectivity index (χ3v) is 3.12. The first-order valence-electron chi connectivity index (χ1n) is 6.57. The normalized spacial score (nSPS) is 10.6. The van der Waals surface area contributed by atoms with Gasteiger partial charge in [0.1, 0.15) is 22.6 Å². The Morgan fingerprint density at radius 1 is 1.20 bits per heavy atom. The van der Waals surface area contributed by atoms with Crippen LogP contribution in [0.3, 0.4) is 0 Å². The summed E-state index contributed by atoms with van der Waals surface area (Å²) in [5, 5.41) is 0.449. The average molecular weight is 294 g/mol. The first kappa shape index (κ1) is 14.7. The molecule has 1 aromatic carbocycles. The second kappa shape index (κ2) is 6.66. The quantitative estimate of drug-likeness (QED) is 0.784. The number of anilines is 1. The van der Waals surface area contributed by atoms with Crippen LogP contribution in [0.5, 0.6) is 0 Å². The number of halogens is 2. The van der Waals surface area contributed by atoms with Crippen LogP contribution in [0, 0.1) is 5.82 Å². The summed E-state index contributed by atoms with van der Waals surface area (Å²) in [5.74, 6) is 1.30. The number of hydrogen-bond donors (Lipinski definition) is 0. The summed E-state index contributed by atoms with van der Waals surface area (Å²) < 4.78 is 12.9. The van der Waals surface area contributed by atoms with Gasteiger partial charge in [-0.2, -0.15) is 0 Å². The number of benzene rings is 1. The number of hydrogen-bond acceptors (Lipinski definition) is 3. The summed E-state index contributed by atoms with van der Waals surface area (Å²) in [5.41, 5.74) is 1.01. The van der Waals surface area contributed by atoms with Gasteiger partial charge < -0.3 is 4.90 Å². The van der Waals surface area contributed by atoms with E-state index in [9.17, 15) is 4.39 Å². The molecule has 2 rings (SSSR count). The zero-order valence-electron chi connectivity index (χ0n) is 11.6. The predicted molar refractivity (Wildman–Crippen MR) is 79.5 cm³/mol. The van der Waals surface area contributed by atoms with Gasteiger partial charge in [-0.25, -0.2) is 14.4 Å². The molecule has 0 fully saturated rings. The second-order valence-corrected chi connectivity index (χ2v) is 5.08. The Morgan fingerprint density at radius 3 is 2.55 bits per heavy atom. The molecular formula is C15H17ClFN3. The van der Waals surface area contributed by atoms with Crippen LogP contribution >= 0.6 is 11.6 Å². The molecular weight excluding hydrogens is 277 g/mol. The van der Waals surface area contributed by atoms with Gasteiger partial charge in [-0.05, 0) is 24.1 Å². The van der Waals surface area contributed by atoms with Crippen molar-refractivity contribution in [2.24, 2.45) is 0 Å². The largest absolute Gasteiger partial charge is 0.355 e. The summed E-state index contributed by atoms with van der Waals surface area (Å²) in [7, 11) is 1.93. The zero-order chi connectivity index (χ0) is 14.5. The molecule has 0 saturated carbocycles. The van der Waals surface area contributed by atoms with Crippen LogP contribution in [-0.2, 0) is 13.0 Å². The van der Waals surface area contributed by atoms with Gasteiger partial charge >= 0.3 is 0 Å². The lowest BCUT2D eigenvalue weighted by Gasteiger charge is -2.19. The number of rotatable bonds is 5. The Morgan fingerprint density at radius 2 is 1.90 bits per heavy atom. The Labute approximate surface area is 123 Å². The van der Waals surface area contributed by atoms with Crippen LogP contribution < -0.4 is 4.90 Å². The van der Waals surface area contributed by atoms with Gasteiger partial charge in [0, 0.05) is 26.1 Å². The van der Waals surface area contributed by atoms with Crippen LogP contribution in [0.4, 0.5) is 10.2 Å². The Kier molecular flexibility index (Phi) is 4.90. The van der Waals surface area contributed by atoms with E-state index in [1.54, 1.807) is 18.2 Å². The van der Waals surface area contributed by atoms with E-state index in [2.05, 4.69) is 16.9 Å². The fourth-order valence-electron chi connectivity index (χ4n) is 1.93. The van der Waals surface area contributed by atoms with Crippen molar-refractivity contribution in [1.29, 1.82) is 0 Å². The van der Waals surface area contributed by atoms with Gasteiger partial charge in [0.15, 0.2) is 0 Å². The maximum absolute atomic E-state index is 12.9. The summed E-state index contributed by atoms with van der Waals surface area (Å²) >= 11 is 6.03. The number of aromatic nitrogens is 2. The first-order chi connectivity index (χ1) is 9.58. The minimum Gasteiger partial charge on any atom is -0.355 e. The van der Waals surface area contributed by atoms with Gasteiger partial charge in [-0.1, -0.05) is 30.7 Å². The van der Waals surface area contributed by atoms with Crippen molar-refractivity contribution in [2.45, 2.75) is 26.3 Å².